The van der Waals surface area contributed by atoms with Gasteiger partial charge in [-0.1, -0.05) is 30.9 Å². The molecule has 2 aliphatic carbocycles. The van der Waals surface area contributed by atoms with Crippen LogP contribution in [0.5, 0.6) is 0 Å². The van der Waals surface area contributed by atoms with Crippen LogP contribution >= 0.6 is 11.6 Å². The van der Waals surface area contributed by atoms with Crippen LogP contribution in [-0.2, 0) is 9.59 Å². The maximum Gasteiger partial charge on any atom is 0.303 e. The van der Waals surface area contributed by atoms with Crippen LogP contribution in [0.25, 0.3) is 22.4 Å². The van der Waals surface area contributed by atoms with Gasteiger partial charge in [0.2, 0.25) is 5.91 Å². The lowest BCUT2D eigenvalue weighted by Crippen LogP contribution is -2.44. The predicted molar refractivity (Wildman–Crippen MR) is 142 cm³/mol. The van der Waals surface area contributed by atoms with Gasteiger partial charge < -0.3 is 15.0 Å². The summed E-state index contributed by atoms with van der Waals surface area (Å²) in [4.78, 5) is 29.8. The minimum atomic E-state index is -0.985. The van der Waals surface area contributed by atoms with Crippen molar-refractivity contribution in [2.24, 2.45) is 11.8 Å². The number of nitrogens with zero attached hydrogens (tertiary/aromatic N) is 2. The fraction of sp³-hybridized carbons (Fsp3) is 0.483. The summed E-state index contributed by atoms with van der Waals surface area (Å²) in [5.74, 6) is -2.30. The highest BCUT2D eigenvalue weighted by molar-refractivity contribution is 6.30. The number of imidazole rings is 1. The van der Waals surface area contributed by atoms with E-state index in [0.29, 0.717) is 21.9 Å². The number of hydrogen-bond acceptors (Lipinski definition) is 3. The summed E-state index contributed by atoms with van der Waals surface area (Å²) in [7, 11) is 0. The molecular weight excluding hydrogens is 512 g/mol. The zero-order valence-corrected chi connectivity index (χ0v) is 21.9. The van der Waals surface area contributed by atoms with E-state index in [9.17, 15) is 18.4 Å². The van der Waals surface area contributed by atoms with Gasteiger partial charge in [-0.25, -0.2) is 13.8 Å². The fourth-order valence-electron chi connectivity index (χ4n) is 6.21. The molecule has 1 heterocycles. The van der Waals surface area contributed by atoms with E-state index in [1.165, 1.54) is 0 Å². The van der Waals surface area contributed by atoms with Crippen molar-refractivity contribution in [1.82, 2.24) is 14.9 Å². The molecule has 2 fully saturated rings. The first-order valence-corrected chi connectivity index (χ1v) is 13.8. The number of amides is 1. The summed E-state index contributed by atoms with van der Waals surface area (Å²) in [6, 6.07) is 8.57. The molecule has 2 aromatic carbocycles. The van der Waals surface area contributed by atoms with Crippen LogP contribution in [0.2, 0.25) is 5.02 Å². The Morgan fingerprint density at radius 1 is 1.00 bits per heavy atom. The summed E-state index contributed by atoms with van der Waals surface area (Å²) >= 11 is 6.12. The zero-order valence-electron chi connectivity index (χ0n) is 21.1. The van der Waals surface area contributed by atoms with Crippen molar-refractivity contribution in [3.05, 3.63) is 53.1 Å². The maximum atomic E-state index is 14.5. The first kappa shape index (κ1) is 26.6. The maximum absolute atomic E-state index is 14.5. The molecule has 0 aliphatic heterocycles. The molecule has 1 aromatic heterocycles. The van der Waals surface area contributed by atoms with Gasteiger partial charge >= 0.3 is 5.97 Å². The summed E-state index contributed by atoms with van der Waals surface area (Å²) in [6.45, 7) is 0. The average Bonchev–Trinajstić information content (AvgIpc) is 3.24. The van der Waals surface area contributed by atoms with Crippen molar-refractivity contribution in [3.63, 3.8) is 0 Å². The Morgan fingerprint density at radius 3 is 2.32 bits per heavy atom. The molecule has 1 amide bonds. The van der Waals surface area contributed by atoms with E-state index in [2.05, 4.69) is 10.3 Å². The quantitative estimate of drug-likeness (QED) is 0.339. The van der Waals surface area contributed by atoms with Gasteiger partial charge in [0.15, 0.2) is 11.6 Å². The summed E-state index contributed by atoms with van der Waals surface area (Å²) < 4.78 is 30.5. The molecule has 2 aliphatic rings. The topological polar surface area (TPSA) is 84.2 Å². The highest BCUT2D eigenvalue weighted by atomic mass is 35.5. The van der Waals surface area contributed by atoms with Crippen LogP contribution in [0, 0.1) is 23.5 Å². The standard InChI is InChI=1S/C29H32ClF2N3O3/c30-20-10-8-19(9-11-20)28-34-24-15-22(31)23(32)16-25(24)35(28)27(18-4-2-1-3-5-18)29(38)33-21-12-6-17(7-13-21)14-26(36)37/h8-11,15-18,21,27H,1-7,12-14H2,(H,33,38)(H,36,37)/t17?,21?,27-/m0/s1. The van der Waals surface area contributed by atoms with E-state index < -0.39 is 23.6 Å². The van der Waals surface area contributed by atoms with E-state index in [1.807, 2.05) is 0 Å². The molecule has 5 rings (SSSR count). The van der Waals surface area contributed by atoms with Gasteiger partial charge in [-0.05, 0) is 74.6 Å². The monoisotopic (exact) mass is 543 g/mol. The molecule has 2 N–H and O–H groups in total. The molecule has 3 aromatic rings. The number of hydrogen-bond donors (Lipinski definition) is 2. The lowest BCUT2D eigenvalue weighted by Gasteiger charge is -2.34. The third-order valence-electron chi connectivity index (χ3n) is 8.13. The van der Waals surface area contributed by atoms with Crippen molar-refractivity contribution >= 4 is 34.5 Å². The van der Waals surface area contributed by atoms with Crippen molar-refractivity contribution in [2.75, 3.05) is 0 Å². The van der Waals surface area contributed by atoms with E-state index in [-0.39, 0.29) is 35.7 Å². The molecule has 38 heavy (non-hydrogen) atoms. The third kappa shape index (κ3) is 5.70. The van der Waals surface area contributed by atoms with E-state index in [1.54, 1.807) is 28.8 Å². The molecule has 202 valence electrons. The Balaban J connectivity index is 1.53. The molecule has 0 spiro atoms. The minimum absolute atomic E-state index is 0.0173. The number of aliphatic carboxylic acids is 1. The number of benzene rings is 2. The molecule has 0 bridgehead atoms. The summed E-state index contributed by atoms with van der Waals surface area (Å²) in [6.07, 6.45) is 7.90. The number of carboxylic acids is 1. The lowest BCUT2D eigenvalue weighted by atomic mass is 9.82. The molecule has 2 saturated carbocycles. The van der Waals surface area contributed by atoms with Crippen molar-refractivity contribution in [2.45, 2.75) is 76.3 Å². The van der Waals surface area contributed by atoms with Crippen LogP contribution in [0.1, 0.15) is 70.3 Å². The van der Waals surface area contributed by atoms with Gasteiger partial charge in [-0.2, -0.15) is 0 Å². The van der Waals surface area contributed by atoms with Crippen molar-refractivity contribution in [3.8, 4) is 11.4 Å². The molecule has 6 nitrogen and oxygen atoms in total. The highest BCUT2D eigenvalue weighted by Crippen LogP contribution is 2.39. The second kappa shape index (κ2) is 11.4. The Morgan fingerprint density at radius 2 is 1.66 bits per heavy atom. The average molecular weight is 544 g/mol. The molecular formula is C29H32ClF2N3O3. The van der Waals surface area contributed by atoms with E-state index >= 15 is 0 Å². The lowest BCUT2D eigenvalue weighted by molar-refractivity contribution is -0.138. The molecule has 9 heteroatoms. The van der Waals surface area contributed by atoms with Crippen LogP contribution in [-0.4, -0.2) is 32.6 Å². The molecule has 1 atom stereocenters. The highest BCUT2D eigenvalue weighted by Gasteiger charge is 2.36. The summed E-state index contributed by atoms with van der Waals surface area (Å²) in [5.41, 5.74) is 1.37. The smallest absolute Gasteiger partial charge is 0.303 e. The van der Waals surface area contributed by atoms with E-state index in [4.69, 9.17) is 16.7 Å². The molecule has 0 unspecified atom stereocenters. The minimum Gasteiger partial charge on any atom is -0.481 e. The van der Waals surface area contributed by atoms with Gasteiger partial charge in [0, 0.05) is 35.2 Å². The van der Waals surface area contributed by atoms with Gasteiger partial charge in [-0.15, -0.1) is 0 Å². The second-order valence-corrected chi connectivity index (χ2v) is 11.2. The van der Waals surface area contributed by atoms with Gasteiger partial charge in [0.25, 0.3) is 0 Å². The number of halogens is 3. The normalized spacial score (nSPS) is 21.3. The molecule has 0 radical (unpaired) electrons. The Bertz CT molecular complexity index is 1310. The van der Waals surface area contributed by atoms with Crippen LogP contribution in [0.15, 0.2) is 36.4 Å². The Kier molecular flexibility index (Phi) is 7.98. The number of rotatable bonds is 7. The van der Waals surface area contributed by atoms with Crippen molar-refractivity contribution < 1.29 is 23.5 Å². The van der Waals surface area contributed by atoms with Crippen LogP contribution in [0.3, 0.4) is 0 Å². The van der Waals surface area contributed by atoms with Gasteiger partial charge in [0.1, 0.15) is 11.9 Å². The Hall–Kier alpha value is -3.00. The second-order valence-electron chi connectivity index (χ2n) is 10.7. The van der Waals surface area contributed by atoms with Crippen molar-refractivity contribution in [1.29, 1.82) is 0 Å². The van der Waals surface area contributed by atoms with Gasteiger partial charge in [-0.3, -0.25) is 9.59 Å². The Labute approximate surface area is 225 Å². The zero-order chi connectivity index (χ0) is 26.8. The fourth-order valence-corrected chi connectivity index (χ4v) is 6.34. The molecule has 0 saturated heterocycles. The third-order valence-corrected chi connectivity index (χ3v) is 8.39. The predicted octanol–water partition coefficient (Wildman–Crippen LogP) is 6.91. The largest absolute Gasteiger partial charge is 0.481 e. The van der Waals surface area contributed by atoms with Crippen LogP contribution in [0.4, 0.5) is 8.78 Å². The first-order chi connectivity index (χ1) is 18.3. The van der Waals surface area contributed by atoms with Crippen LogP contribution < -0.4 is 5.32 Å². The SMILES string of the molecule is O=C(O)CC1CCC(NC(=O)[C@H](C2CCCCC2)n2c(-c3ccc(Cl)cc3)nc3cc(F)c(F)cc32)CC1. The number of nitrogens with one attached hydrogen (secondary N) is 1. The first-order valence-electron chi connectivity index (χ1n) is 13.4. The number of fused-ring (bicyclic) bond motifs is 1. The number of carboxylic acid groups (broad SMARTS) is 1. The number of aromatic nitrogens is 2. The summed E-state index contributed by atoms with van der Waals surface area (Å²) in [5, 5.41) is 12.9. The van der Waals surface area contributed by atoms with E-state index in [0.717, 1.165) is 69.9 Å². The van der Waals surface area contributed by atoms with Gasteiger partial charge in [0.05, 0.1) is 11.0 Å². The number of carbonyl (C=O) groups is 2. The number of carbonyl (C=O) groups excluding carboxylic acids is 1.